The molecular formula is C15H20FN3O5S. The molecule has 1 aliphatic heterocycles. The average Bonchev–Trinajstić information content (AvgIpc) is 2.59. The number of piperidine rings is 1. The van der Waals surface area contributed by atoms with E-state index in [4.69, 9.17) is 5.11 Å². The summed E-state index contributed by atoms with van der Waals surface area (Å²) in [4.78, 5) is 28.5. The molecule has 0 saturated carbocycles. The summed E-state index contributed by atoms with van der Waals surface area (Å²) in [7, 11) is -3.32. The number of rotatable bonds is 6. The monoisotopic (exact) mass is 373 g/mol. The molecule has 1 N–H and O–H groups in total. The number of carboxylic acid groups (broad SMARTS) is 1. The van der Waals surface area contributed by atoms with Crippen molar-refractivity contribution >= 4 is 21.9 Å². The lowest BCUT2D eigenvalue weighted by atomic mass is 10.0. The summed E-state index contributed by atoms with van der Waals surface area (Å²) in [6, 6.07) is 0.566. The van der Waals surface area contributed by atoms with E-state index in [1.807, 2.05) is 0 Å². The molecule has 8 nitrogen and oxygen atoms in total. The number of aliphatic carboxylic acids is 1. The molecule has 0 atom stereocenters. The predicted molar refractivity (Wildman–Crippen MR) is 86.9 cm³/mol. The zero-order chi connectivity index (χ0) is 18.6. The van der Waals surface area contributed by atoms with Crippen molar-refractivity contribution in [1.82, 2.24) is 14.2 Å². The van der Waals surface area contributed by atoms with Crippen LogP contribution in [-0.4, -0.2) is 71.0 Å². The van der Waals surface area contributed by atoms with Gasteiger partial charge in [0.1, 0.15) is 12.4 Å². The van der Waals surface area contributed by atoms with E-state index in [1.165, 1.54) is 10.5 Å². The second-order valence-corrected chi connectivity index (χ2v) is 8.01. The van der Waals surface area contributed by atoms with E-state index in [1.54, 1.807) is 6.92 Å². The summed E-state index contributed by atoms with van der Waals surface area (Å²) in [6.07, 6.45) is 2.77. The zero-order valence-corrected chi connectivity index (χ0v) is 14.6. The fourth-order valence-corrected chi connectivity index (χ4v) is 3.95. The molecule has 1 saturated heterocycles. The van der Waals surface area contributed by atoms with Crippen molar-refractivity contribution in [3.63, 3.8) is 0 Å². The molecule has 1 aromatic rings. The smallest absolute Gasteiger partial charge is 0.323 e. The van der Waals surface area contributed by atoms with Crippen molar-refractivity contribution in [3.8, 4) is 0 Å². The van der Waals surface area contributed by atoms with Crippen molar-refractivity contribution in [2.75, 3.05) is 25.4 Å². The molecule has 0 bridgehead atoms. The van der Waals surface area contributed by atoms with Crippen LogP contribution in [0.2, 0.25) is 0 Å². The maximum Gasteiger partial charge on any atom is 0.323 e. The Morgan fingerprint density at radius 2 is 2.00 bits per heavy atom. The number of carbonyl (C=O) groups is 2. The number of carboxylic acids is 1. The summed E-state index contributed by atoms with van der Waals surface area (Å²) < 4.78 is 38.4. The molecule has 0 spiro atoms. The van der Waals surface area contributed by atoms with Crippen molar-refractivity contribution in [3.05, 3.63) is 29.8 Å². The minimum atomic E-state index is -3.32. The molecule has 1 aliphatic rings. The number of halogens is 1. The van der Waals surface area contributed by atoms with Crippen LogP contribution in [0.3, 0.4) is 0 Å². The van der Waals surface area contributed by atoms with Crippen LogP contribution in [0.4, 0.5) is 4.39 Å². The zero-order valence-electron chi connectivity index (χ0n) is 13.8. The fourth-order valence-electron chi connectivity index (χ4n) is 2.82. The molecular weight excluding hydrogens is 353 g/mol. The molecule has 1 amide bonds. The molecule has 1 fully saturated rings. The van der Waals surface area contributed by atoms with Gasteiger partial charge in [-0.2, -0.15) is 0 Å². The Morgan fingerprint density at radius 3 is 2.52 bits per heavy atom. The van der Waals surface area contributed by atoms with E-state index in [9.17, 15) is 22.4 Å². The van der Waals surface area contributed by atoms with E-state index < -0.39 is 40.3 Å². The normalized spacial score (nSPS) is 16.6. The summed E-state index contributed by atoms with van der Waals surface area (Å²) in [5, 5.41) is 9.09. The Morgan fingerprint density at radius 1 is 1.36 bits per heavy atom. The number of sulfonamides is 1. The Kier molecular flexibility index (Phi) is 6.07. The second-order valence-electron chi connectivity index (χ2n) is 5.75. The number of aromatic nitrogens is 1. The Bertz CT molecular complexity index is 747. The van der Waals surface area contributed by atoms with Gasteiger partial charge in [0.15, 0.2) is 0 Å². The molecule has 1 aromatic heterocycles. The Balaban J connectivity index is 2.16. The van der Waals surface area contributed by atoms with Gasteiger partial charge in [0.2, 0.25) is 10.0 Å². The molecule has 0 aliphatic carbocycles. The van der Waals surface area contributed by atoms with Crippen LogP contribution in [0.1, 0.15) is 30.1 Å². The van der Waals surface area contributed by atoms with Crippen LogP contribution >= 0.6 is 0 Å². The highest BCUT2D eigenvalue weighted by molar-refractivity contribution is 7.89. The van der Waals surface area contributed by atoms with Gasteiger partial charge in [0, 0.05) is 25.3 Å². The van der Waals surface area contributed by atoms with Gasteiger partial charge >= 0.3 is 5.97 Å². The highest BCUT2D eigenvalue weighted by Gasteiger charge is 2.33. The van der Waals surface area contributed by atoms with E-state index in [-0.39, 0.29) is 24.4 Å². The Hall–Kier alpha value is -2.07. The topological polar surface area (TPSA) is 108 Å². The van der Waals surface area contributed by atoms with Gasteiger partial charge in [-0.05, 0) is 25.8 Å². The first-order valence-corrected chi connectivity index (χ1v) is 9.46. The van der Waals surface area contributed by atoms with Crippen LogP contribution in [0.5, 0.6) is 0 Å². The number of carbonyl (C=O) groups excluding carboxylic acids is 1. The summed E-state index contributed by atoms with van der Waals surface area (Å²) in [6.45, 7) is 1.44. The molecule has 0 aromatic carbocycles. The summed E-state index contributed by atoms with van der Waals surface area (Å²) in [5.41, 5.74) is -0.0372. The van der Waals surface area contributed by atoms with Crippen LogP contribution in [0, 0.1) is 5.82 Å². The molecule has 138 valence electrons. The number of amides is 1. The van der Waals surface area contributed by atoms with Crippen LogP contribution in [0.25, 0.3) is 0 Å². The SMILES string of the molecule is CCS(=O)(=O)N1CCC(N(CC(=O)O)C(=O)c2cncc(F)c2)CC1. The first kappa shape index (κ1) is 19.3. The van der Waals surface area contributed by atoms with Crippen molar-refractivity contribution in [1.29, 1.82) is 0 Å². The lowest BCUT2D eigenvalue weighted by Gasteiger charge is -2.37. The number of hydrogen-bond donors (Lipinski definition) is 1. The van der Waals surface area contributed by atoms with Crippen molar-refractivity contribution in [2.45, 2.75) is 25.8 Å². The molecule has 25 heavy (non-hydrogen) atoms. The minimum Gasteiger partial charge on any atom is -0.480 e. The van der Waals surface area contributed by atoms with Crippen LogP contribution in [-0.2, 0) is 14.8 Å². The van der Waals surface area contributed by atoms with E-state index in [0.29, 0.717) is 12.8 Å². The average molecular weight is 373 g/mol. The third kappa shape index (κ3) is 4.73. The third-order valence-corrected chi connectivity index (χ3v) is 6.02. The maximum absolute atomic E-state index is 13.3. The minimum absolute atomic E-state index is 0.00952. The second kappa shape index (κ2) is 7.87. The van der Waals surface area contributed by atoms with E-state index >= 15 is 0 Å². The van der Waals surface area contributed by atoms with Gasteiger partial charge in [0.25, 0.3) is 5.91 Å². The van der Waals surface area contributed by atoms with Crippen molar-refractivity contribution < 1.29 is 27.5 Å². The molecule has 2 rings (SSSR count). The number of pyridine rings is 1. The standard InChI is InChI=1S/C15H20FN3O5S/c1-2-25(23,24)18-5-3-13(4-6-18)19(10-14(20)21)15(22)11-7-12(16)9-17-8-11/h7-9,13H,2-6,10H2,1H3,(H,20,21). The third-order valence-electron chi connectivity index (χ3n) is 4.14. The number of nitrogens with zero attached hydrogens (tertiary/aromatic N) is 3. The van der Waals surface area contributed by atoms with E-state index in [0.717, 1.165) is 17.2 Å². The highest BCUT2D eigenvalue weighted by atomic mass is 32.2. The van der Waals surface area contributed by atoms with Crippen LogP contribution < -0.4 is 0 Å². The first-order chi connectivity index (χ1) is 11.7. The quantitative estimate of drug-likeness (QED) is 0.781. The van der Waals surface area contributed by atoms with Gasteiger partial charge in [-0.1, -0.05) is 0 Å². The molecule has 0 unspecified atom stereocenters. The van der Waals surface area contributed by atoms with Crippen molar-refractivity contribution in [2.24, 2.45) is 0 Å². The summed E-state index contributed by atoms with van der Waals surface area (Å²) in [5.74, 6) is -2.53. The Labute approximate surface area is 145 Å². The first-order valence-electron chi connectivity index (χ1n) is 7.85. The predicted octanol–water partition coefficient (Wildman–Crippen LogP) is 0.562. The largest absolute Gasteiger partial charge is 0.480 e. The van der Waals surface area contributed by atoms with Gasteiger partial charge in [-0.25, -0.2) is 17.1 Å². The highest BCUT2D eigenvalue weighted by Crippen LogP contribution is 2.21. The lowest BCUT2D eigenvalue weighted by Crippen LogP contribution is -2.50. The van der Waals surface area contributed by atoms with Gasteiger partial charge in [-0.15, -0.1) is 0 Å². The van der Waals surface area contributed by atoms with Crippen LogP contribution in [0.15, 0.2) is 18.5 Å². The molecule has 2 heterocycles. The van der Waals surface area contributed by atoms with Gasteiger partial charge < -0.3 is 10.0 Å². The van der Waals surface area contributed by atoms with E-state index in [2.05, 4.69) is 4.98 Å². The maximum atomic E-state index is 13.3. The molecule has 10 heteroatoms. The molecule has 0 radical (unpaired) electrons. The fraction of sp³-hybridized carbons (Fsp3) is 0.533. The lowest BCUT2D eigenvalue weighted by molar-refractivity contribution is -0.138. The number of hydrogen-bond acceptors (Lipinski definition) is 5. The van der Waals surface area contributed by atoms with Gasteiger partial charge in [0.05, 0.1) is 17.5 Å². The van der Waals surface area contributed by atoms with Gasteiger partial charge in [-0.3, -0.25) is 14.6 Å². The summed E-state index contributed by atoms with van der Waals surface area (Å²) >= 11 is 0.